The molecule has 2 amide bonds. The van der Waals surface area contributed by atoms with Crippen molar-refractivity contribution in [1.29, 1.82) is 0 Å². The van der Waals surface area contributed by atoms with E-state index in [-0.39, 0.29) is 98.3 Å². The molecule has 2 aromatic carbocycles. The third-order valence-corrected chi connectivity index (χ3v) is 7.98. The molecular formula is C41H44Cl2F2I3N8O12-. The van der Waals surface area contributed by atoms with E-state index in [4.69, 9.17) is 63.1 Å². The second-order valence-electron chi connectivity index (χ2n) is 12.5. The molecule has 0 saturated heterocycles. The number of fused-ring (bicyclic) bond motifs is 4. The normalized spacial score (nSPS) is 11.9. The van der Waals surface area contributed by atoms with Crippen LogP contribution in [-0.4, -0.2) is 77.0 Å². The van der Waals surface area contributed by atoms with Crippen molar-refractivity contribution in [2.45, 2.75) is 26.9 Å². The van der Waals surface area contributed by atoms with Crippen LogP contribution in [0.15, 0.2) is 86.0 Å². The van der Waals surface area contributed by atoms with E-state index in [1.807, 2.05) is 0 Å². The summed E-state index contributed by atoms with van der Waals surface area (Å²) in [5.74, 6) is -1.75. The van der Waals surface area contributed by atoms with Crippen LogP contribution in [0.2, 0.25) is 0 Å². The predicted molar refractivity (Wildman–Crippen MR) is 266 cm³/mol. The van der Waals surface area contributed by atoms with Gasteiger partial charge in [-0.25, -0.2) is 18.4 Å². The number of halogens is 7. The van der Waals surface area contributed by atoms with E-state index in [2.05, 4.69) is 60.4 Å². The van der Waals surface area contributed by atoms with Gasteiger partial charge in [-0.2, -0.15) is 9.97 Å². The number of nitrogens with two attached hydrogens (primary N) is 2. The minimum atomic E-state index is -0.909. The summed E-state index contributed by atoms with van der Waals surface area (Å²) in [6.07, 6.45) is 4.44. The third-order valence-electron chi connectivity index (χ3n) is 7.98. The molecule has 4 bridgehead atoms. The second kappa shape index (κ2) is 31.7. The van der Waals surface area contributed by atoms with Crippen LogP contribution < -0.4 is 53.5 Å². The van der Waals surface area contributed by atoms with Crippen LogP contribution in [0.3, 0.4) is 0 Å². The van der Waals surface area contributed by atoms with Gasteiger partial charge in [0.15, 0.2) is 0 Å². The van der Waals surface area contributed by atoms with Crippen molar-refractivity contribution in [3.05, 3.63) is 129 Å². The third kappa shape index (κ3) is 19.4. The first kappa shape index (κ1) is 58.9. The van der Waals surface area contributed by atoms with Gasteiger partial charge in [0.05, 0.1) is 41.5 Å². The molecule has 5 rings (SSSR count). The summed E-state index contributed by atoms with van der Waals surface area (Å²) >= 11 is 14.8. The Hall–Kier alpha value is -5.27. The van der Waals surface area contributed by atoms with E-state index in [0.29, 0.717) is 18.8 Å². The van der Waals surface area contributed by atoms with Crippen LogP contribution in [0.25, 0.3) is 0 Å². The zero-order valence-corrected chi connectivity index (χ0v) is 44.1. The van der Waals surface area contributed by atoms with Gasteiger partial charge < -0.3 is 39.9 Å². The number of carbonyl (C=O) groups excluding carboxylic acids is 2. The van der Waals surface area contributed by atoms with E-state index in [9.17, 15) is 38.6 Å². The van der Waals surface area contributed by atoms with Gasteiger partial charge in [0, 0.05) is 24.3 Å². The Labute approximate surface area is 428 Å². The molecule has 4 aromatic rings. The van der Waals surface area contributed by atoms with Crippen molar-refractivity contribution in [3.8, 4) is 23.3 Å². The second-order valence-corrected chi connectivity index (χ2v) is 29.6. The molecule has 3 heterocycles. The van der Waals surface area contributed by atoms with Crippen LogP contribution >= 0.6 is 60.4 Å². The molecule has 1 aliphatic heterocycles. The fourth-order valence-corrected chi connectivity index (χ4v) is 5.54. The van der Waals surface area contributed by atoms with Crippen molar-refractivity contribution in [2.75, 3.05) is 66.2 Å². The maximum absolute atomic E-state index is 14.1. The molecule has 0 aliphatic carbocycles. The molecule has 0 saturated carbocycles. The molecule has 4 N–H and O–H groups in total. The van der Waals surface area contributed by atoms with Crippen LogP contribution in [0.4, 0.5) is 52.8 Å². The SMILES string of the molecule is C=CCOc1cc(F)cc(CN(C(=O)OCC)c2cc(OCC=C)nc(N)c2[N+](=O)[O-])c1.CCOC(=O)N1Cc2cc(F)cc(c2)OC/C=C/COc2cc1c([N+](=O)[O-])c(N)n2.ClCCl.I[I-]I. The molecule has 0 fully saturated rings. The number of ether oxygens (including phenoxy) is 6. The summed E-state index contributed by atoms with van der Waals surface area (Å²) in [5.41, 5.74) is 10.5. The number of nitrogens with zero attached hydrogens (tertiary/aromatic N) is 6. The fourth-order valence-electron chi connectivity index (χ4n) is 5.54. The summed E-state index contributed by atoms with van der Waals surface area (Å²) in [4.78, 5) is 56.8. The molecular weight excluding hydrogens is 1290 g/mol. The van der Waals surface area contributed by atoms with Gasteiger partial charge in [-0.3, -0.25) is 30.0 Å². The monoisotopic (exact) mass is 1330 g/mol. The number of aromatic nitrogens is 2. The number of anilines is 4. The average molecular weight is 1330 g/mol. The zero-order valence-electron chi connectivity index (χ0n) is 36.1. The maximum atomic E-state index is 14.1. The molecule has 20 nitrogen and oxygen atoms in total. The number of nitrogen functional groups attached to an aromatic ring is 2. The summed E-state index contributed by atoms with van der Waals surface area (Å²) in [6.45, 7) is 10.1. The van der Waals surface area contributed by atoms with E-state index < -0.39 is 56.7 Å². The van der Waals surface area contributed by atoms with Crippen molar-refractivity contribution in [1.82, 2.24) is 9.97 Å². The standard InChI is InChI=1S/C21H23FN4O6.C19H19FN4O6.CH2Cl2.I3/c1-4-7-31-16-10-14(9-15(22)11-16)13-25(21(27)30-6-3)17-12-18(32-8-5-2)24-20(23)19(17)26(28)29;1-2-28-19(25)23-11-12-7-13(20)9-14(8-12)29-5-3-4-6-30-16-10-15(23)17(24(26)27)18(21)22-16;2-1-3;1-3-2/h4-5,9-12H,1-2,6-8,13H2,3H3,(H2,23,24);3-4,7-10H,2,5-6,11H2,1H3,(H2,21,22);1H2;/q;;;-1/b;4-3+;;. The van der Waals surface area contributed by atoms with Gasteiger partial charge in [0.25, 0.3) is 0 Å². The van der Waals surface area contributed by atoms with Crippen LogP contribution in [0, 0.1) is 31.9 Å². The molecule has 68 heavy (non-hydrogen) atoms. The summed E-state index contributed by atoms with van der Waals surface area (Å²) in [7, 11) is 0. The Morgan fingerprint density at radius 1 is 0.882 bits per heavy atom. The summed E-state index contributed by atoms with van der Waals surface area (Å²) < 4.78 is 60.0. The quantitative estimate of drug-likeness (QED) is 0.0434. The first-order valence-corrected chi connectivity index (χ1v) is 32.9. The number of pyridine rings is 2. The van der Waals surface area contributed by atoms with E-state index >= 15 is 0 Å². The van der Waals surface area contributed by atoms with Crippen molar-refractivity contribution in [2.24, 2.45) is 0 Å². The van der Waals surface area contributed by atoms with Gasteiger partial charge in [-0.15, -0.1) is 23.2 Å². The number of hydrogen-bond acceptors (Lipinski definition) is 16. The van der Waals surface area contributed by atoms with Crippen molar-refractivity contribution >= 4 is 107 Å². The summed E-state index contributed by atoms with van der Waals surface area (Å²) in [5, 5.41) is 23.5. The number of rotatable bonds is 13. The Morgan fingerprint density at radius 3 is 2.07 bits per heavy atom. The van der Waals surface area contributed by atoms with Crippen molar-refractivity contribution in [3.63, 3.8) is 0 Å². The fraction of sp³-hybridized carbons (Fsp3) is 0.268. The van der Waals surface area contributed by atoms with Gasteiger partial charge in [0.2, 0.25) is 23.4 Å². The predicted octanol–water partition coefficient (Wildman–Crippen LogP) is 7.40. The first-order valence-electron chi connectivity index (χ1n) is 19.3. The van der Waals surface area contributed by atoms with E-state index in [1.54, 1.807) is 26.0 Å². The van der Waals surface area contributed by atoms with Crippen molar-refractivity contribution < 1.29 is 69.9 Å². The molecule has 2 aromatic heterocycles. The number of carbonyl (C=O) groups is 2. The summed E-state index contributed by atoms with van der Waals surface area (Å²) in [6, 6.07) is 10.1. The average Bonchev–Trinajstić information content (AvgIpc) is 3.26. The van der Waals surface area contributed by atoms with Gasteiger partial charge in [-0.1, -0.05) is 25.3 Å². The Balaban J connectivity index is 0.000000419. The van der Waals surface area contributed by atoms with Crippen LogP contribution in [0.5, 0.6) is 23.3 Å². The number of hydrogen-bond donors (Lipinski definition) is 2. The zero-order chi connectivity index (χ0) is 50.8. The molecule has 0 unspecified atom stereocenters. The molecule has 0 radical (unpaired) electrons. The molecule has 1 aliphatic rings. The minimum absolute atomic E-state index is 0.000362. The first-order chi connectivity index (χ1) is 32.5. The Morgan fingerprint density at radius 2 is 1.47 bits per heavy atom. The molecule has 27 heteroatoms. The van der Waals surface area contributed by atoms with E-state index in [1.165, 1.54) is 54.6 Å². The number of amides is 2. The molecule has 0 atom stereocenters. The molecule has 370 valence electrons. The topological polar surface area (TPSA) is 260 Å². The van der Waals surface area contributed by atoms with E-state index in [0.717, 1.165) is 15.9 Å². The van der Waals surface area contributed by atoms with Crippen LogP contribution in [-0.2, 0) is 22.6 Å². The Kier molecular flexibility index (Phi) is 27.4. The van der Waals surface area contributed by atoms with Gasteiger partial charge in [-0.05, 0) is 61.4 Å². The Bertz CT molecular complexity index is 2400. The van der Waals surface area contributed by atoms with Crippen LogP contribution in [0.1, 0.15) is 25.0 Å². The number of alkyl halides is 2. The van der Waals surface area contributed by atoms with Gasteiger partial charge >= 0.3 is 74.0 Å². The number of nitro groups is 2. The number of benzene rings is 2. The molecule has 0 spiro atoms. The van der Waals surface area contributed by atoms with Gasteiger partial charge in [0.1, 0.15) is 60.9 Å².